The predicted octanol–water partition coefficient (Wildman–Crippen LogP) is 3.33. The Kier molecular flexibility index (Phi) is 5.23. The molecule has 0 saturated heterocycles. The van der Waals surface area contributed by atoms with Gasteiger partial charge in [0.2, 0.25) is 0 Å². The minimum Gasteiger partial charge on any atom is -0.449 e. The third-order valence-electron chi connectivity index (χ3n) is 4.31. The van der Waals surface area contributed by atoms with E-state index in [9.17, 15) is 14.9 Å². The van der Waals surface area contributed by atoms with Gasteiger partial charge in [0.05, 0.1) is 16.2 Å². The fraction of sp³-hybridized carbons (Fsp3) is 0.263. The largest absolute Gasteiger partial charge is 0.449 e. The minimum atomic E-state index is -0.846. The summed E-state index contributed by atoms with van der Waals surface area (Å²) in [6.07, 6.45) is 3.33. The SMILES string of the molecule is CC#CCOC(=O)C1=C(C)NC(C)=C([N+](=O)[O-])C1c1csc2ccncc12. The maximum Gasteiger partial charge on any atom is 0.337 e. The maximum absolute atomic E-state index is 12.8. The molecule has 1 aliphatic heterocycles. The number of nitrogens with one attached hydrogen (secondary N) is 1. The van der Waals surface area contributed by atoms with Crippen molar-refractivity contribution in [3.63, 3.8) is 0 Å². The normalized spacial score (nSPS) is 16.6. The van der Waals surface area contributed by atoms with Gasteiger partial charge in [-0.15, -0.1) is 17.3 Å². The van der Waals surface area contributed by atoms with Crippen LogP contribution in [0.2, 0.25) is 0 Å². The average Bonchev–Trinajstić information content (AvgIpc) is 3.04. The Morgan fingerprint density at radius 2 is 2.22 bits per heavy atom. The van der Waals surface area contributed by atoms with Gasteiger partial charge < -0.3 is 10.1 Å². The van der Waals surface area contributed by atoms with Crippen LogP contribution < -0.4 is 5.32 Å². The highest BCUT2D eigenvalue weighted by Gasteiger charge is 2.42. The van der Waals surface area contributed by atoms with Crippen molar-refractivity contribution in [1.29, 1.82) is 0 Å². The van der Waals surface area contributed by atoms with Crippen molar-refractivity contribution in [2.75, 3.05) is 6.61 Å². The fourth-order valence-electron chi connectivity index (χ4n) is 3.17. The van der Waals surface area contributed by atoms with Crippen molar-refractivity contribution in [2.45, 2.75) is 26.7 Å². The molecule has 0 fully saturated rings. The number of nitro groups is 1. The molecule has 1 N–H and O–H groups in total. The van der Waals surface area contributed by atoms with Crippen molar-refractivity contribution in [2.24, 2.45) is 0 Å². The van der Waals surface area contributed by atoms with E-state index in [-0.39, 0.29) is 17.9 Å². The molecule has 138 valence electrons. The summed E-state index contributed by atoms with van der Waals surface area (Å²) in [5, 5.41) is 17.4. The molecule has 7 nitrogen and oxygen atoms in total. The molecule has 0 radical (unpaired) electrons. The van der Waals surface area contributed by atoms with E-state index in [0.29, 0.717) is 17.0 Å². The number of ether oxygens (including phenoxy) is 1. The molecule has 0 bridgehead atoms. The second-order valence-electron chi connectivity index (χ2n) is 5.93. The number of fused-ring (bicyclic) bond motifs is 1. The second-order valence-corrected chi connectivity index (χ2v) is 6.84. The van der Waals surface area contributed by atoms with Crippen LogP contribution in [-0.2, 0) is 9.53 Å². The van der Waals surface area contributed by atoms with E-state index < -0.39 is 16.8 Å². The molecule has 1 unspecified atom stereocenters. The van der Waals surface area contributed by atoms with Crippen molar-refractivity contribution >= 4 is 27.4 Å². The summed E-state index contributed by atoms with van der Waals surface area (Å²) in [4.78, 5) is 28.3. The van der Waals surface area contributed by atoms with Crippen LogP contribution in [0, 0.1) is 22.0 Å². The molecule has 0 saturated carbocycles. The van der Waals surface area contributed by atoms with Gasteiger partial charge in [0.15, 0.2) is 6.61 Å². The fourth-order valence-corrected chi connectivity index (χ4v) is 4.12. The van der Waals surface area contributed by atoms with E-state index in [4.69, 9.17) is 4.74 Å². The van der Waals surface area contributed by atoms with Crippen molar-refractivity contribution < 1.29 is 14.5 Å². The monoisotopic (exact) mass is 383 g/mol. The predicted molar refractivity (Wildman–Crippen MR) is 102 cm³/mol. The van der Waals surface area contributed by atoms with E-state index in [0.717, 1.165) is 10.1 Å². The molecule has 3 rings (SSSR count). The zero-order chi connectivity index (χ0) is 19.6. The number of carbonyl (C=O) groups excluding carboxylic acids is 1. The first-order chi connectivity index (χ1) is 13.0. The van der Waals surface area contributed by atoms with Crippen LogP contribution in [0.25, 0.3) is 10.1 Å². The molecule has 0 amide bonds. The summed E-state index contributed by atoms with van der Waals surface area (Å²) in [5.74, 6) is 3.85. The molecule has 8 heteroatoms. The Morgan fingerprint density at radius 1 is 1.44 bits per heavy atom. The van der Waals surface area contributed by atoms with E-state index in [1.807, 2.05) is 11.4 Å². The van der Waals surface area contributed by atoms with Gasteiger partial charge in [0.1, 0.15) is 5.92 Å². The number of nitrogens with zero attached hydrogens (tertiary/aromatic N) is 2. The van der Waals surface area contributed by atoms with Gasteiger partial charge in [-0.05, 0) is 37.8 Å². The number of thiophene rings is 1. The molecule has 0 spiro atoms. The summed E-state index contributed by atoms with van der Waals surface area (Å²) >= 11 is 1.46. The highest BCUT2D eigenvalue weighted by atomic mass is 32.1. The topological polar surface area (TPSA) is 94.4 Å². The zero-order valence-corrected chi connectivity index (χ0v) is 15.8. The first-order valence-corrected chi connectivity index (χ1v) is 9.04. The number of dihydropyridines is 1. The average molecular weight is 383 g/mol. The number of hydrogen-bond acceptors (Lipinski definition) is 7. The van der Waals surface area contributed by atoms with Crippen LogP contribution in [-0.4, -0.2) is 22.5 Å². The Balaban J connectivity index is 2.17. The van der Waals surface area contributed by atoms with Crippen LogP contribution >= 0.6 is 11.3 Å². The number of carbonyl (C=O) groups is 1. The number of esters is 1. The van der Waals surface area contributed by atoms with Gasteiger partial charge in [-0.3, -0.25) is 15.1 Å². The number of pyridine rings is 1. The second kappa shape index (κ2) is 7.60. The number of hydrogen-bond donors (Lipinski definition) is 1. The van der Waals surface area contributed by atoms with E-state index in [2.05, 4.69) is 22.1 Å². The zero-order valence-electron chi connectivity index (χ0n) is 15.0. The summed E-state index contributed by atoms with van der Waals surface area (Å²) in [6, 6.07) is 1.85. The summed E-state index contributed by atoms with van der Waals surface area (Å²) in [5.41, 5.74) is 1.74. The van der Waals surface area contributed by atoms with Gasteiger partial charge in [0, 0.05) is 28.2 Å². The van der Waals surface area contributed by atoms with E-state index in [1.165, 1.54) is 11.3 Å². The third-order valence-corrected chi connectivity index (χ3v) is 5.29. The summed E-state index contributed by atoms with van der Waals surface area (Å²) in [7, 11) is 0. The van der Waals surface area contributed by atoms with Gasteiger partial charge in [-0.25, -0.2) is 4.79 Å². The van der Waals surface area contributed by atoms with Crippen LogP contribution in [0.5, 0.6) is 0 Å². The van der Waals surface area contributed by atoms with Gasteiger partial charge in [-0.2, -0.15) is 0 Å². The quantitative estimate of drug-likeness (QED) is 0.377. The standard InChI is InChI=1S/C19H17N3O4S/c1-4-5-8-26-19(23)16-11(2)21-12(3)18(22(24)25)17(16)14-10-27-15-6-7-20-9-13(14)15/h6-7,9-10,17,21H,8H2,1-3H3. The summed E-state index contributed by atoms with van der Waals surface area (Å²) < 4.78 is 6.17. The van der Waals surface area contributed by atoms with Crippen molar-refractivity contribution in [3.05, 3.63) is 62.2 Å². The van der Waals surface area contributed by atoms with Crippen LogP contribution in [0.4, 0.5) is 0 Å². The molecule has 2 aromatic heterocycles. The van der Waals surface area contributed by atoms with Crippen LogP contribution in [0.1, 0.15) is 32.3 Å². The smallest absolute Gasteiger partial charge is 0.337 e. The van der Waals surface area contributed by atoms with E-state index in [1.54, 1.807) is 33.2 Å². The number of rotatable bonds is 4. The molecule has 1 aliphatic rings. The Hall–Kier alpha value is -3.18. The number of aromatic nitrogens is 1. The lowest BCUT2D eigenvalue weighted by atomic mass is 9.84. The molecular weight excluding hydrogens is 366 g/mol. The van der Waals surface area contributed by atoms with Crippen molar-refractivity contribution in [3.8, 4) is 11.8 Å². The van der Waals surface area contributed by atoms with Crippen LogP contribution in [0.3, 0.4) is 0 Å². The molecule has 3 heterocycles. The van der Waals surface area contributed by atoms with E-state index >= 15 is 0 Å². The highest BCUT2D eigenvalue weighted by molar-refractivity contribution is 7.17. The first-order valence-electron chi connectivity index (χ1n) is 8.16. The summed E-state index contributed by atoms with van der Waals surface area (Å²) in [6.45, 7) is 4.92. The Bertz CT molecular complexity index is 1060. The molecule has 0 aromatic carbocycles. The Labute approximate surface area is 159 Å². The third kappa shape index (κ3) is 3.41. The molecule has 2 aromatic rings. The van der Waals surface area contributed by atoms with Gasteiger partial charge in [-0.1, -0.05) is 5.92 Å². The minimum absolute atomic E-state index is 0.0682. The lowest BCUT2D eigenvalue weighted by molar-refractivity contribution is -0.431. The number of allylic oxidation sites excluding steroid dienone is 3. The maximum atomic E-state index is 12.8. The van der Waals surface area contributed by atoms with Gasteiger partial charge in [0.25, 0.3) is 5.70 Å². The highest BCUT2D eigenvalue weighted by Crippen LogP contribution is 2.43. The molecule has 0 aliphatic carbocycles. The molecule has 1 atom stereocenters. The lowest BCUT2D eigenvalue weighted by Crippen LogP contribution is -2.31. The molecule has 27 heavy (non-hydrogen) atoms. The van der Waals surface area contributed by atoms with Crippen LogP contribution in [0.15, 0.2) is 46.5 Å². The van der Waals surface area contributed by atoms with Gasteiger partial charge >= 0.3 is 5.97 Å². The lowest BCUT2D eigenvalue weighted by Gasteiger charge is -2.26. The first kappa shape index (κ1) is 18.6. The Morgan fingerprint density at radius 3 is 2.93 bits per heavy atom. The molecular formula is C19H17N3O4S. The van der Waals surface area contributed by atoms with Crippen molar-refractivity contribution in [1.82, 2.24) is 10.3 Å².